The first kappa shape index (κ1) is 20.3. The third-order valence-electron chi connectivity index (χ3n) is 5.11. The number of aryl methyl sites for hydroxylation is 1. The summed E-state index contributed by atoms with van der Waals surface area (Å²) in [7, 11) is -1.98. The molecule has 0 bridgehead atoms. The Morgan fingerprint density at radius 2 is 1.55 bits per heavy atom. The van der Waals surface area contributed by atoms with Crippen LogP contribution < -0.4 is 4.74 Å². The second-order valence-corrected chi connectivity index (χ2v) is 9.03. The predicted octanol–water partition coefficient (Wildman–Crippen LogP) is 3.09. The highest BCUT2D eigenvalue weighted by Crippen LogP contribution is 2.38. The summed E-state index contributed by atoms with van der Waals surface area (Å²) in [5.41, 5.74) is 1.71. The molecule has 0 aromatic heterocycles. The summed E-state index contributed by atoms with van der Waals surface area (Å²) in [6.45, 7) is 2.38. The molecule has 4 rings (SSSR count). The highest BCUT2D eigenvalue weighted by atomic mass is 32.2. The van der Waals surface area contributed by atoms with Crippen LogP contribution in [0.5, 0.6) is 5.75 Å². The third-order valence-corrected chi connectivity index (χ3v) is 7.02. The molecule has 2 aromatic carbocycles. The summed E-state index contributed by atoms with van der Waals surface area (Å²) in [4.78, 5) is 22.1. The SMILES string of the molecule is COc1ccc(C2OOC3(CCN(S(=O)(=O)c4ccc(C)cc4)CC3)OO2)cc1. The van der Waals surface area contributed by atoms with Crippen molar-refractivity contribution in [1.29, 1.82) is 0 Å². The number of rotatable bonds is 4. The fourth-order valence-electron chi connectivity index (χ4n) is 3.26. The van der Waals surface area contributed by atoms with Crippen molar-refractivity contribution >= 4 is 10.0 Å². The Morgan fingerprint density at radius 3 is 2.10 bits per heavy atom. The molecule has 0 amide bonds. The molecule has 0 atom stereocenters. The van der Waals surface area contributed by atoms with E-state index in [1.54, 1.807) is 55.6 Å². The van der Waals surface area contributed by atoms with Gasteiger partial charge in [-0.25, -0.2) is 8.42 Å². The molecule has 0 radical (unpaired) electrons. The van der Waals surface area contributed by atoms with Gasteiger partial charge in [-0.3, -0.25) is 0 Å². The Balaban J connectivity index is 1.36. The Bertz CT molecular complexity index is 926. The van der Waals surface area contributed by atoms with Crippen LogP contribution in [0, 0.1) is 6.92 Å². The van der Waals surface area contributed by atoms with E-state index in [1.165, 1.54) is 4.31 Å². The molecule has 29 heavy (non-hydrogen) atoms. The molecule has 0 unspecified atom stereocenters. The van der Waals surface area contributed by atoms with Crippen LogP contribution in [0.1, 0.15) is 30.3 Å². The van der Waals surface area contributed by atoms with Gasteiger partial charge in [-0.05, 0) is 31.2 Å². The van der Waals surface area contributed by atoms with E-state index in [4.69, 9.17) is 24.3 Å². The monoisotopic (exact) mass is 421 g/mol. The van der Waals surface area contributed by atoms with Crippen molar-refractivity contribution in [3.8, 4) is 5.75 Å². The number of hydrogen-bond acceptors (Lipinski definition) is 7. The van der Waals surface area contributed by atoms with Gasteiger partial charge in [0, 0.05) is 31.5 Å². The van der Waals surface area contributed by atoms with Gasteiger partial charge in [0.1, 0.15) is 5.75 Å². The highest BCUT2D eigenvalue weighted by molar-refractivity contribution is 7.89. The Labute approximate surface area is 169 Å². The van der Waals surface area contributed by atoms with Gasteiger partial charge < -0.3 is 4.74 Å². The molecule has 2 aromatic rings. The summed E-state index contributed by atoms with van der Waals surface area (Å²) in [5, 5.41) is 0. The van der Waals surface area contributed by atoms with E-state index in [-0.39, 0.29) is 30.8 Å². The summed E-state index contributed by atoms with van der Waals surface area (Å²) < 4.78 is 32.2. The summed E-state index contributed by atoms with van der Waals surface area (Å²) in [6.07, 6.45) is -0.262. The molecule has 0 aliphatic carbocycles. The van der Waals surface area contributed by atoms with Gasteiger partial charge >= 0.3 is 0 Å². The molecule has 2 aliphatic rings. The zero-order valence-electron chi connectivity index (χ0n) is 16.2. The van der Waals surface area contributed by atoms with Crippen LogP contribution in [-0.4, -0.2) is 38.7 Å². The zero-order chi connectivity index (χ0) is 20.5. The summed E-state index contributed by atoms with van der Waals surface area (Å²) in [5.74, 6) is -0.410. The topological polar surface area (TPSA) is 83.5 Å². The number of methoxy groups -OCH3 is 1. The number of nitrogens with zero attached hydrogens (tertiary/aromatic N) is 1. The van der Waals surface area contributed by atoms with Crippen molar-refractivity contribution in [2.75, 3.05) is 20.2 Å². The Hall–Kier alpha value is -2.01. The maximum atomic E-state index is 12.8. The van der Waals surface area contributed by atoms with E-state index >= 15 is 0 Å². The van der Waals surface area contributed by atoms with Crippen molar-refractivity contribution < 1.29 is 32.7 Å². The lowest BCUT2D eigenvalue weighted by atomic mass is 10.1. The van der Waals surface area contributed by atoms with Crippen molar-refractivity contribution in [3.05, 3.63) is 59.7 Å². The predicted molar refractivity (Wildman–Crippen MR) is 102 cm³/mol. The molecule has 2 aliphatic heterocycles. The molecule has 9 heteroatoms. The van der Waals surface area contributed by atoms with Crippen LogP contribution in [0.3, 0.4) is 0 Å². The zero-order valence-corrected chi connectivity index (χ0v) is 17.1. The molecule has 1 spiro atoms. The second-order valence-electron chi connectivity index (χ2n) is 7.09. The average Bonchev–Trinajstić information content (AvgIpc) is 2.75. The van der Waals surface area contributed by atoms with Gasteiger partial charge in [-0.2, -0.15) is 23.9 Å². The standard InChI is InChI=1S/C20H23NO7S/c1-15-3-9-18(10-4-15)29(22,23)21-13-11-20(12-14-21)27-25-19(26-28-20)16-5-7-17(24-2)8-6-16/h3-10,19H,11-14H2,1-2H3. The van der Waals surface area contributed by atoms with Crippen LogP contribution in [0.2, 0.25) is 0 Å². The molecule has 2 heterocycles. The van der Waals surface area contributed by atoms with Crippen LogP contribution in [0.4, 0.5) is 0 Å². The van der Waals surface area contributed by atoms with Crippen LogP contribution in [0.25, 0.3) is 0 Å². The molecule has 0 saturated carbocycles. The Morgan fingerprint density at radius 1 is 0.966 bits per heavy atom. The number of ether oxygens (including phenoxy) is 1. The summed E-state index contributed by atoms with van der Waals surface area (Å²) in [6, 6.07) is 13.9. The first-order valence-corrected chi connectivity index (χ1v) is 10.8. The second kappa shape index (κ2) is 8.02. The lowest BCUT2D eigenvalue weighted by molar-refractivity contribution is -0.633. The molecular weight excluding hydrogens is 398 g/mol. The van der Waals surface area contributed by atoms with E-state index in [1.807, 2.05) is 6.92 Å². The molecule has 8 nitrogen and oxygen atoms in total. The fraction of sp³-hybridized carbons (Fsp3) is 0.400. The first-order valence-electron chi connectivity index (χ1n) is 9.32. The maximum Gasteiger partial charge on any atom is 0.249 e. The molecule has 0 N–H and O–H groups in total. The van der Waals surface area contributed by atoms with Gasteiger partial charge in [0.15, 0.2) is 0 Å². The minimum absolute atomic E-state index is 0.232. The molecule has 156 valence electrons. The van der Waals surface area contributed by atoms with Crippen molar-refractivity contribution in [1.82, 2.24) is 4.31 Å². The van der Waals surface area contributed by atoms with E-state index in [0.717, 1.165) is 5.56 Å². The van der Waals surface area contributed by atoms with Crippen LogP contribution in [-0.2, 0) is 29.6 Å². The highest BCUT2D eigenvalue weighted by Gasteiger charge is 2.46. The van der Waals surface area contributed by atoms with Crippen LogP contribution in [0.15, 0.2) is 53.4 Å². The number of hydrogen-bond donors (Lipinski definition) is 0. The van der Waals surface area contributed by atoms with Gasteiger partial charge in [-0.15, -0.1) is 0 Å². The minimum Gasteiger partial charge on any atom is -0.497 e. The van der Waals surface area contributed by atoms with E-state index in [2.05, 4.69) is 0 Å². The molecule has 2 fully saturated rings. The van der Waals surface area contributed by atoms with Crippen LogP contribution >= 0.6 is 0 Å². The number of piperidine rings is 1. The summed E-state index contributed by atoms with van der Waals surface area (Å²) >= 11 is 0. The average molecular weight is 421 g/mol. The van der Waals surface area contributed by atoms with Gasteiger partial charge in [0.2, 0.25) is 22.1 Å². The van der Waals surface area contributed by atoms with Gasteiger partial charge in [0.25, 0.3) is 0 Å². The fourth-order valence-corrected chi connectivity index (χ4v) is 4.70. The Kier molecular flexibility index (Phi) is 5.60. The smallest absolute Gasteiger partial charge is 0.249 e. The normalized spacial score (nSPS) is 20.6. The van der Waals surface area contributed by atoms with E-state index < -0.39 is 22.1 Å². The van der Waals surface area contributed by atoms with Gasteiger partial charge in [-0.1, -0.05) is 29.8 Å². The quantitative estimate of drug-likeness (QED) is 0.702. The largest absolute Gasteiger partial charge is 0.497 e. The van der Waals surface area contributed by atoms with Gasteiger partial charge in [0.05, 0.1) is 12.0 Å². The molecule has 2 saturated heterocycles. The number of benzene rings is 2. The van der Waals surface area contributed by atoms with Crippen molar-refractivity contribution in [2.45, 2.75) is 36.7 Å². The first-order chi connectivity index (χ1) is 13.9. The maximum absolute atomic E-state index is 12.8. The van der Waals surface area contributed by atoms with E-state index in [9.17, 15) is 8.42 Å². The number of sulfonamides is 1. The third kappa shape index (κ3) is 4.16. The van der Waals surface area contributed by atoms with Crippen molar-refractivity contribution in [2.24, 2.45) is 0 Å². The molecular formula is C20H23NO7S. The lowest BCUT2D eigenvalue weighted by Crippen LogP contribution is -2.51. The minimum atomic E-state index is -3.57. The van der Waals surface area contributed by atoms with Crippen molar-refractivity contribution in [3.63, 3.8) is 0 Å². The lowest BCUT2D eigenvalue weighted by Gasteiger charge is -2.41. The van der Waals surface area contributed by atoms with E-state index in [0.29, 0.717) is 11.3 Å².